The van der Waals surface area contributed by atoms with Crippen LogP contribution in [0.15, 0.2) is 12.1 Å². The predicted molar refractivity (Wildman–Crippen MR) is 88.7 cm³/mol. The summed E-state index contributed by atoms with van der Waals surface area (Å²) >= 11 is 9.66. The molecule has 0 aliphatic rings. The highest BCUT2D eigenvalue weighted by atomic mass is 127. The van der Waals surface area contributed by atoms with E-state index in [0.29, 0.717) is 19.8 Å². The summed E-state index contributed by atoms with van der Waals surface area (Å²) in [5.41, 5.74) is 2.84. The maximum atomic E-state index is 11.5. The molecule has 0 radical (unpaired) electrons. The van der Waals surface area contributed by atoms with E-state index in [9.17, 15) is 9.90 Å². The molecule has 102 valence electrons. The number of carbonyl (C=O) groups is 1. The Kier molecular flexibility index (Phi) is 6.54. The molecule has 6 nitrogen and oxygen atoms in total. The number of carbonyl (C=O) groups excluding carboxylic acids is 1. The molecular formula is C10H9ClI2N4O2. The second-order valence-corrected chi connectivity index (χ2v) is 6.14. The van der Waals surface area contributed by atoms with E-state index in [-0.39, 0.29) is 0 Å². The van der Waals surface area contributed by atoms with E-state index in [1.807, 2.05) is 34.1 Å². The summed E-state index contributed by atoms with van der Waals surface area (Å²) in [4.78, 5) is 11.5. The van der Waals surface area contributed by atoms with Crippen molar-refractivity contribution in [1.82, 2.24) is 5.43 Å². The molecule has 1 aromatic carbocycles. The number of nitrogens with two attached hydrogens (primary N) is 1. The SMILES string of the molecule is N#Cc1ccc(N[C@@H](C(=O)NN)[C@H](O)I)c(I)c1Cl. The molecule has 9 heteroatoms. The van der Waals surface area contributed by atoms with Gasteiger partial charge in [-0.3, -0.25) is 10.2 Å². The van der Waals surface area contributed by atoms with Crippen LogP contribution in [0, 0.1) is 14.9 Å². The van der Waals surface area contributed by atoms with Crippen LogP contribution in [0.3, 0.4) is 0 Å². The topological polar surface area (TPSA) is 111 Å². The van der Waals surface area contributed by atoms with E-state index in [1.54, 1.807) is 28.7 Å². The lowest BCUT2D eigenvalue weighted by Gasteiger charge is -2.21. The molecule has 0 fully saturated rings. The number of hydrazine groups is 1. The Balaban J connectivity index is 3.08. The molecule has 1 amide bonds. The summed E-state index contributed by atoms with van der Waals surface area (Å²) in [6.45, 7) is 0. The summed E-state index contributed by atoms with van der Waals surface area (Å²) in [5.74, 6) is 4.50. The second kappa shape index (κ2) is 7.44. The molecule has 0 bridgehead atoms. The third-order valence-corrected chi connectivity index (χ3v) is 4.76. The highest BCUT2D eigenvalue weighted by molar-refractivity contribution is 14.1. The van der Waals surface area contributed by atoms with Gasteiger partial charge >= 0.3 is 0 Å². The van der Waals surface area contributed by atoms with E-state index in [4.69, 9.17) is 22.7 Å². The Bertz CT molecular complexity index is 533. The summed E-state index contributed by atoms with van der Waals surface area (Å²) in [6.07, 6.45) is 0. The first-order chi connectivity index (χ1) is 8.92. The van der Waals surface area contributed by atoms with Crippen LogP contribution in [-0.4, -0.2) is 21.2 Å². The summed E-state index contributed by atoms with van der Waals surface area (Å²) in [7, 11) is 0. The van der Waals surface area contributed by atoms with Crippen molar-refractivity contribution >= 4 is 68.4 Å². The smallest absolute Gasteiger partial charge is 0.259 e. The van der Waals surface area contributed by atoms with E-state index in [1.165, 1.54) is 6.07 Å². The molecule has 1 aromatic rings. The Morgan fingerprint density at radius 2 is 2.21 bits per heavy atom. The molecule has 0 aromatic heterocycles. The number of hydrogen-bond acceptors (Lipinski definition) is 5. The number of alkyl halides is 1. The van der Waals surface area contributed by atoms with Gasteiger partial charge in [0.1, 0.15) is 16.2 Å². The fourth-order valence-electron chi connectivity index (χ4n) is 1.26. The van der Waals surface area contributed by atoms with Crippen LogP contribution in [0.4, 0.5) is 5.69 Å². The van der Waals surface area contributed by atoms with Crippen LogP contribution in [-0.2, 0) is 4.79 Å². The largest absolute Gasteiger partial charge is 0.380 e. The van der Waals surface area contributed by atoms with Crippen LogP contribution < -0.4 is 16.6 Å². The van der Waals surface area contributed by atoms with E-state index >= 15 is 0 Å². The minimum Gasteiger partial charge on any atom is -0.380 e. The lowest BCUT2D eigenvalue weighted by Crippen LogP contribution is -2.47. The maximum Gasteiger partial charge on any atom is 0.259 e. The first kappa shape index (κ1) is 16.7. The van der Waals surface area contributed by atoms with Gasteiger partial charge in [0.2, 0.25) is 0 Å². The second-order valence-electron chi connectivity index (χ2n) is 3.40. The quantitative estimate of drug-likeness (QED) is 0.162. The van der Waals surface area contributed by atoms with E-state index in [2.05, 4.69) is 5.32 Å². The van der Waals surface area contributed by atoms with Crippen molar-refractivity contribution in [2.45, 2.75) is 10.2 Å². The van der Waals surface area contributed by atoms with Crippen LogP contribution in [0.5, 0.6) is 0 Å². The van der Waals surface area contributed by atoms with Gasteiger partial charge in [-0.2, -0.15) is 5.26 Å². The van der Waals surface area contributed by atoms with Gasteiger partial charge in [0.25, 0.3) is 5.91 Å². The Hall–Kier alpha value is -0.350. The van der Waals surface area contributed by atoms with Crippen LogP contribution >= 0.6 is 56.8 Å². The number of benzene rings is 1. The van der Waals surface area contributed by atoms with Crippen LogP contribution in [0.2, 0.25) is 5.02 Å². The molecule has 0 spiro atoms. The Morgan fingerprint density at radius 3 is 2.68 bits per heavy atom. The number of rotatable bonds is 4. The van der Waals surface area contributed by atoms with Crippen molar-refractivity contribution in [3.05, 3.63) is 26.3 Å². The van der Waals surface area contributed by atoms with Gasteiger partial charge in [-0.1, -0.05) is 11.6 Å². The van der Waals surface area contributed by atoms with Crippen LogP contribution in [0.1, 0.15) is 5.56 Å². The van der Waals surface area contributed by atoms with Crippen molar-refractivity contribution in [3.63, 3.8) is 0 Å². The highest BCUT2D eigenvalue weighted by Crippen LogP contribution is 2.30. The lowest BCUT2D eigenvalue weighted by molar-refractivity contribution is -0.122. The zero-order chi connectivity index (χ0) is 14.6. The standard InChI is InChI=1S/C10H9ClI2N4O2/c11-6-4(3-14)1-2-5(7(6)12)16-8(9(13)18)10(19)17-15/h1-2,8-9,16,18H,15H2,(H,17,19)/t8-,9+/m1/s1. The monoisotopic (exact) mass is 506 g/mol. The van der Waals surface area contributed by atoms with Crippen LogP contribution in [0.25, 0.3) is 0 Å². The number of aliphatic hydroxyl groups excluding tert-OH is 1. The molecule has 0 aliphatic carbocycles. The number of nitrogens with one attached hydrogen (secondary N) is 2. The summed E-state index contributed by atoms with van der Waals surface area (Å²) < 4.78 is -0.392. The minimum absolute atomic E-state index is 0.294. The van der Waals surface area contributed by atoms with E-state index in [0.717, 1.165) is 0 Å². The maximum absolute atomic E-state index is 11.5. The number of hydrogen-bond donors (Lipinski definition) is 4. The zero-order valence-electron chi connectivity index (χ0n) is 9.32. The molecule has 0 heterocycles. The van der Waals surface area contributed by atoms with Crippen molar-refractivity contribution in [2.24, 2.45) is 5.84 Å². The molecule has 1 rings (SSSR count). The number of halogens is 3. The molecule has 2 atom stereocenters. The number of nitriles is 1. The Labute approximate surface area is 141 Å². The van der Waals surface area contributed by atoms with Gasteiger partial charge in [0.15, 0.2) is 0 Å². The molecule has 19 heavy (non-hydrogen) atoms. The number of nitrogens with zero attached hydrogens (tertiary/aromatic N) is 1. The third-order valence-electron chi connectivity index (χ3n) is 2.21. The van der Waals surface area contributed by atoms with Gasteiger partial charge < -0.3 is 10.4 Å². The number of amides is 1. The average Bonchev–Trinajstić information content (AvgIpc) is 2.39. The van der Waals surface area contributed by atoms with Gasteiger partial charge in [0.05, 0.1) is 14.2 Å². The van der Waals surface area contributed by atoms with Gasteiger partial charge in [-0.05, 0) is 57.3 Å². The molecule has 0 unspecified atom stereocenters. The Morgan fingerprint density at radius 1 is 1.58 bits per heavy atom. The minimum atomic E-state index is -0.980. The van der Waals surface area contributed by atoms with Crippen molar-refractivity contribution in [1.29, 1.82) is 5.26 Å². The van der Waals surface area contributed by atoms with E-state index < -0.39 is 16.1 Å². The predicted octanol–water partition coefficient (Wildman–Crippen LogP) is 1.34. The summed E-state index contributed by atoms with van der Waals surface area (Å²) in [6, 6.07) is 4.18. The number of anilines is 1. The average molecular weight is 506 g/mol. The lowest BCUT2D eigenvalue weighted by atomic mass is 10.2. The first-order valence-corrected chi connectivity index (χ1v) is 7.59. The number of aliphatic hydroxyl groups is 1. The molecular weight excluding hydrogens is 497 g/mol. The van der Waals surface area contributed by atoms with Crippen molar-refractivity contribution in [2.75, 3.05) is 5.32 Å². The van der Waals surface area contributed by atoms with Gasteiger partial charge in [0, 0.05) is 5.69 Å². The normalized spacial score (nSPS) is 13.3. The summed E-state index contributed by atoms with van der Waals surface area (Å²) in [5, 5.41) is 21.5. The van der Waals surface area contributed by atoms with Crippen molar-refractivity contribution in [3.8, 4) is 6.07 Å². The highest BCUT2D eigenvalue weighted by Gasteiger charge is 2.25. The zero-order valence-corrected chi connectivity index (χ0v) is 14.4. The molecule has 0 aliphatic heterocycles. The molecule has 0 saturated carbocycles. The fraction of sp³-hybridized carbons (Fsp3) is 0.200. The van der Waals surface area contributed by atoms with Crippen molar-refractivity contribution < 1.29 is 9.90 Å². The van der Waals surface area contributed by atoms with Gasteiger partial charge in [-0.15, -0.1) is 0 Å². The first-order valence-electron chi connectivity index (χ1n) is 4.89. The molecule has 0 saturated heterocycles. The van der Waals surface area contributed by atoms with Gasteiger partial charge in [-0.25, -0.2) is 5.84 Å². The fourth-order valence-corrected chi connectivity index (χ4v) is 2.60. The molecule has 5 N–H and O–H groups in total. The third kappa shape index (κ3) is 4.06.